The Morgan fingerprint density at radius 3 is 2.57 bits per heavy atom. The normalized spacial score (nSPS) is 11.8. The molecule has 0 aliphatic carbocycles. The zero-order chi connectivity index (χ0) is 20.6. The second-order valence-electron chi connectivity index (χ2n) is 6.32. The van der Waals surface area contributed by atoms with Crippen molar-refractivity contribution in [3.8, 4) is 0 Å². The molecule has 0 unspecified atom stereocenters. The van der Waals surface area contributed by atoms with Crippen LogP contribution in [0.3, 0.4) is 0 Å². The van der Waals surface area contributed by atoms with E-state index in [1.807, 2.05) is 6.26 Å². The van der Waals surface area contributed by atoms with Gasteiger partial charge in [-0.3, -0.25) is 4.79 Å². The molecule has 0 spiro atoms. The van der Waals surface area contributed by atoms with Crippen LogP contribution in [0.15, 0.2) is 23.4 Å². The van der Waals surface area contributed by atoms with Crippen LogP contribution in [-0.4, -0.2) is 31.7 Å². The summed E-state index contributed by atoms with van der Waals surface area (Å²) in [6.45, 7) is 4.94. The van der Waals surface area contributed by atoms with Crippen LogP contribution in [0.25, 0.3) is 5.78 Å². The Hall–Kier alpha value is -2.62. The molecular weight excluding hydrogens is 391 g/mol. The molecule has 0 fully saturated rings. The highest BCUT2D eigenvalue weighted by Crippen LogP contribution is 2.33. The smallest absolute Gasteiger partial charge is 0.326 e. The van der Waals surface area contributed by atoms with Crippen LogP contribution < -0.4 is 5.32 Å². The van der Waals surface area contributed by atoms with Gasteiger partial charge in [0, 0.05) is 22.6 Å². The van der Waals surface area contributed by atoms with Crippen LogP contribution in [0.1, 0.15) is 28.1 Å². The SMILES string of the molecule is CSc1nc2nc(C)c(CC(=O)Nc3ccc(C)c(C(F)(F)F)c3)c(C)n2n1. The molecule has 1 N–H and O–H groups in total. The number of aryl methyl sites for hydroxylation is 3. The predicted molar refractivity (Wildman–Crippen MR) is 101 cm³/mol. The fourth-order valence-electron chi connectivity index (χ4n) is 2.90. The van der Waals surface area contributed by atoms with Gasteiger partial charge in [0.1, 0.15) is 0 Å². The lowest BCUT2D eigenvalue weighted by atomic mass is 10.1. The Morgan fingerprint density at radius 2 is 1.93 bits per heavy atom. The molecule has 0 saturated heterocycles. The number of nitrogens with zero attached hydrogens (tertiary/aromatic N) is 4. The van der Waals surface area contributed by atoms with E-state index in [-0.39, 0.29) is 17.7 Å². The van der Waals surface area contributed by atoms with Gasteiger partial charge in [-0.1, -0.05) is 17.8 Å². The molecule has 2 aromatic heterocycles. The largest absolute Gasteiger partial charge is 0.416 e. The predicted octanol–water partition coefficient (Wildman–Crippen LogP) is 3.97. The Morgan fingerprint density at radius 1 is 1.21 bits per heavy atom. The van der Waals surface area contributed by atoms with Gasteiger partial charge in [0.2, 0.25) is 11.1 Å². The van der Waals surface area contributed by atoms with Gasteiger partial charge < -0.3 is 5.32 Å². The minimum absolute atomic E-state index is 0.0374. The first-order chi connectivity index (χ1) is 13.1. The molecule has 0 atom stereocenters. The fraction of sp³-hybridized carbons (Fsp3) is 0.333. The van der Waals surface area contributed by atoms with E-state index in [0.717, 1.165) is 6.07 Å². The minimum Gasteiger partial charge on any atom is -0.326 e. The summed E-state index contributed by atoms with van der Waals surface area (Å²) in [5.41, 5.74) is 1.42. The second kappa shape index (κ2) is 7.42. The van der Waals surface area contributed by atoms with Gasteiger partial charge in [-0.25, -0.2) is 9.50 Å². The third kappa shape index (κ3) is 3.96. The molecule has 0 bridgehead atoms. The van der Waals surface area contributed by atoms with Gasteiger partial charge in [0.15, 0.2) is 0 Å². The maximum Gasteiger partial charge on any atom is 0.416 e. The molecule has 3 rings (SSSR count). The van der Waals surface area contributed by atoms with Gasteiger partial charge in [-0.05, 0) is 44.7 Å². The van der Waals surface area contributed by atoms with Crippen LogP contribution in [0.4, 0.5) is 18.9 Å². The van der Waals surface area contributed by atoms with Gasteiger partial charge >= 0.3 is 6.18 Å². The summed E-state index contributed by atoms with van der Waals surface area (Å²) in [5.74, 6) is 0.00592. The molecule has 0 aliphatic heterocycles. The third-order valence-corrected chi connectivity index (χ3v) is 4.91. The number of hydrogen-bond acceptors (Lipinski definition) is 5. The number of benzene rings is 1. The number of thioether (sulfide) groups is 1. The summed E-state index contributed by atoms with van der Waals surface area (Å²) < 4.78 is 40.7. The number of alkyl halides is 3. The average molecular weight is 409 g/mol. The van der Waals surface area contributed by atoms with Crippen LogP contribution >= 0.6 is 11.8 Å². The number of carbonyl (C=O) groups excluding carboxylic acids is 1. The van der Waals surface area contributed by atoms with Crippen molar-refractivity contribution >= 4 is 29.1 Å². The zero-order valence-corrected chi connectivity index (χ0v) is 16.5. The summed E-state index contributed by atoms with van der Waals surface area (Å²) in [6.07, 6.45) is -2.67. The van der Waals surface area contributed by atoms with E-state index in [9.17, 15) is 18.0 Å². The standard InChI is InChI=1S/C18H18F3N5OS/c1-9-5-6-12(7-14(9)18(19,20)21)23-15(27)8-13-10(2)22-16-24-17(28-4)25-26(16)11(13)3/h5-7H,8H2,1-4H3,(H,23,27). The molecule has 0 saturated carbocycles. The Bertz CT molecular complexity index is 1060. The van der Waals surface area contributed by atoms with E-state index < -0.39 is 17.6 Å². The molecule has 2 heterocycles. The van der Waals surface area contributed by atoms with Crippen molar-refractivity contribution < 1.29 is 18.0 Å². The van der Waals surface area contributed by atoms with Crippen molar-refractivity contribution in [1.82, 2.24) is 19.6 Å². The summed E-state index contributed by atoms with van der Waals surface area (Å²) >= 11 is 1.38. The van der Waals surface area contributed by atoms with E-state index in [0.29, 0.717) is 27.9 Å². The monoisotopic (exact) mass is 409 g/mol. The topological polar surface area (TPSA) is 72.2 Å². The number of halogens is 3. The number of fused-ring (bicyclic) bond motifs is 1. The first-order valence-electron chi connectivity index (χ1n) is 8.34. The summed E-state index contributed by atoms with van der Waals surface area (Å²) in [6, 6.07) is 3.73. The summed E-state index contributed by atoms with van der Waals surface area (Å²) in [7, 11) is 0. The maximum absolute atomic E-state index is 13.1. The van der Waals surface area contributed by atoms with Gasteiger partial charge in [0.25, 0.3) is 5.78 Å². The number of carbonyl (C=O) groups is 1. The average Bonchev–Trinajstić information content (AvgIpc) is 3.02. The number of anilines is 1. The maximum atomic E-state index is 13.1. The van der Waals surface area contributed by atoms with Crippen molar-refractivity contribution in [2.45, 2.75) is 38.5 Å². The molecule has 1 aromatic carbocycles. The van der Waals surface area contributed by atoms with E-state index in [4.69, 9.17) is 0 Å². The Kier molecular flexibility index (Phi) is 5.33. The number of amides is 1. The molecule has 6 nitrogen and oxygen atoms in total. The molecular formula is C18H18F3N5OS. The van der Waals surface area contributed by atoms with Crippen molar-refractivity contribution in [2.24, 2.45) is 0 Å². The second-order valence-corrected chi connectivity index (χ2v) is 7.10. The van der Waals surface area contributed by atoms with Gasteiger partial charge in [-0.2, -0.15) is 18.2 Å². The van der Waals surface area contributed by atoms with Crippen molar-refractivity contribution in [2.75, 3.05) is 11.6 Å². The zero-order valence-electron chi connectivity index (χ0n) is 15.7. The highest BCUT2D eigenvalue weighted by atomic mass is 32.2. The first kappa shape index (κ1) is 20.1. The number of nitrogens with one attached hydrogen (secondary N) is 1. The Labute approximate surface area is 163 Å². The van der Waals surface area contributed by atoms with E-state index in [2.05, 4.69) is 20.4 Å². The van der Waals surface area contributed by atoms with Crippen molar-refractivity contribution in [3.63, 3.8) is 0 Å². The number of rotatable bonds is 4. The Balaban J connectivity index is 1.86. The van der Waals surface area contributed by atoms with E-state index in [1.165, 1.54) is 30.8 Å². The van der Waals surface area contributed by atoms with Gasteiger partial charge in [0.05, 0.1) is 12.0 Å². The molecule has 3 aromatic rings. The van der Waals surface area contributed by atoms with E-state index >= 15 is 0 Å². The van der Waals surface area contributed by atoms with Crippen LogP contribution in [0, 0.1) is 20.8 Å². The van der Waals surface area contributed by atoms with Crippen molar-refractivity contribution in [1.29, 1.82) is 0 Å². The fourth-order valence-corrected chi connectivity index (χ4v) is 3.24. The molecule has 0 radical (unpaired) electrons. The number of aromatic nitrogens is 4. The first-order valence-corrected chi connectivity index (χ1v) is 9.57. The molecule has 28 heavy (non-hydrogen) atoms. The molecule has 148 valence electrons. The highest BCUT2D eigenvalue weighted by molar-refractivity contribution is 7.98. The lowest BCUT2D eigenvalue weighted by molar-refractivity contribution is -0.138. The highest BCUT2D eigenvalue weighted by Gasteiger charge is 2.32. The number of hydrogen-bond donors (Lipinski definition) is 1. The van der Waals surface area contributed by atoms with E-state index in [1.54, 1.807) is 18.4 Å². The lowest BCUT2D eigenvalue weighted by Crippen LogP contribution is -2.18. The molecule has 10 heteroatoms. The summed E-state index contributed by atoms with van der Waals surface area (Å²) in [4.78, 5) is 21.1. The molecule has 1 amide bonds. The minimum atomic E-state index is -4.48. The third-order valence-electron chi connectivity index (χ3n) is 4.38. The molecule has 0 aliphatic rings. The summed E-state index contributed by atoms with van der Waals surface area (Å²) in [5, 5.41) is 7.42. The van der Waals surface area contributed by atoms with Crippen LogP contribution in [0.5, 0.6) is 0 Å². The van der Waals surface area contributed by atoms with Crippen LogP contribution in [-0.2, 0) is 17.4 Å². The van der Waals surface area contributed by atoms with Crippen LogP contribution in [0.2, 0.25) is 0 Å². The van der Waals surface area contributed by atoms with Crippen molar-refractivity contribution in [3.05, 3.63) is 46.3 Å². The van der Waals surface area contributed by atoms with Gasteiger partial charge in [-0.15, -0.1) is 5.10 Å². The quantitative estimate of drug-likeness (QED) is 0.660. The lowest BCUT2D eigenvalue weighted by Gasteiger charge is -2.14.